The molecule has 0 aliphatic rings. The lowest BCUT2D eigenvalue weighted by Crippen LogP contribution is -2.09. The van der Waals surface area contributed by atoms with E-state index in [1.165, 1.54) is 25.3 Å². The molecule has 1 amide bonds. The maximum absolute atomic E-state index is 13.6. The van der Waals surface area contributed by atoms with Gasteiger partial charge in [0, 0.05) is 21.7 Å². The van der Waals surface area contributed by atoms with Crippen LogP contribution in [0.4, 0.5) is 10.1 Å². The monoisotopic (exact) mass is 445 g/mol. The summed E-state index contributed by atoms with van der Waals surface area (Å²) in [5, 5.41) is 3.52. The van der Waals surface area contributed by atoms with Crippen molar-refractivity contribution in [2.45, 2.75) is 6.61 Å². The van der Waals surface area contributed by atoms with E-state index in [-0.39, 0.29) is 12.3 Å². The number of methoxy groups -OCH3 is 1. The number of hydrogen-bond acceptors (Lipinski definition) is 3. The molecule has 0 spiro atoms. The molecule has 0 atom stereocenters. The van der Waals surface area contributed by atoms with Gasteiger partial charge in [0.1, 0.15) is 12.4 Å². The van der Waals surface area contributed by atoms with Gasteiger partial charge < -0.3 is 14.8 Å². The normalized spacial score (nSPS) is 10.8. The van der Waals surface area contributed by atoms with E-state index < -0.39 is 11.7 Å². The highest BCUT2D eigenvalue weighted by molar-refractivity contribution is 6.35. The first-order chi connectivity index (χ1) is 14.5. The van der Waals surface area contributed by atoms with Crippen molar-refractivity contribution in [3.8, 4) is 11.5 Å². The zero-order valence-corrected chi connectivity index (χ0v) is 17.5. The zero-order chi connectivity index (χ0) is 21.5. The molecule has 3 aromatic rings. The standard InChI is InChI=1S/C23H18Cl2FNO3/c1-29-22-13-15(10-12-23(28)27-20-8-3-2-7-19(20)26)9-11-21(22)30-14-16-17(24)5-4-6-18(16)25/h2-13H,14H2,1H3,(H,27,28). The first kappa shape index (κ1) is 21.7. The molecule has 0 unspecified atom stereocenters. The Bertz CT molecular complexity index is 1070. The molecular weight excluding hydrogens is 428 g/mol. The fourth-order valence-corrected chi connectivity index (χ4v) is 3.14. The van der Waals surface area contributed by atoms with Crippen LogP contribution < -0.4 is 14.8 Å². The fraction of sp³-hybridized carbons (Fsp3) is 0.0870. The molecule has 3 rings (SSSR count). The number of ether oxygens (including phenoxy) is 2. The Morgan fingerprint density at radius 2 is 1.77 bits per heavy atom. The van der Waals surface area contributed by atoms with Crippen molar-refractivity contribution in [3.63, 3.8) is 0 Å². The Kier molecular flexibility index (Phi) is 7.33. The predicted octanol–water partition coefficient (Wildman–Crippen LogP) is 6.37. The molecule has 4 nitrogen and oxygen atoms in total. The van der Waals surface area contributed by atoms with E-state index in [1.807, 2.05) is 0 Å². The zero-order valence-electron chi connectivity index (χ0n) is 16.0. The average Bonchev–Trinajstić information content (AvgIpc) is 2.74. The van der Waals surface area contributed by atoms with Crippen LogP contribution in [0.3, 0.4) is 0 Å². The largest absolute Gasteiger partial charge is 0.493 e. The summed E-state index contributed by atoms with van der Waals surface area (Å²) in [5.41, 5.74) is 1.50. The van der Waals surface area contributed by atoms with Gasteiger partial charge in [-0.05, 0) is 48.0 Å². The highest BCUT2D eigenvalue weighted by Gasteiger charge is 2.10. The quantitative estimate of drug-likeness (QED) is 0.429. The van der Waals surface area contributed by atoms with Crippen LogP contribution >= 0.6 is 23.2 Å². The molecule has 0 aliphatic carbocycles. The lowest BCUT2D eigenvalue weighted by atomic mass is 10.2. The predicted molar refractivity (Wildman–Crippen MR) is 118 cm³/mol. The molecule has 0 fully saturated rings. The van der Waals surface area contributed by atoms with E-state index in [4.69, 9.17) is 32.7 Å². The van der Waals surface area contributed by atoms with Crippen LogP contribution in [-0.2, 0) is 11.4 Å². The maximum Gasteiger partial charge on any atom is 0.248 e. The van der Waals surface area contributed by atoms with Crippen molar-refractivity contribution in [1.29, 1.82) is 0 Å². The molecule has 3 aromatic carbocycles. The topological polar surface area (TPSA) is 47.6 Å². The summed E-state index contributed by atoms with van der Waals surface area (Å²) < 4.78 is 24.8. The second-order valence-electron chi connectivity index (χ2n) is 6.20. The Labute approximate surface area is 183 Å². The van der Waals surface area contributed by atoms with Crippen molar-refractivity contribution < 1.29 is 18.7 Å². The molecule has 1 N–H and O–H groups in total. The SMILES string of the molecule is COc1cc(C=CC(=O)Nc2ccccc2F)ccc1OCc1c(Cl)cccc1Cl. The molecule has 0 bridgehead atoms. The number of anilines is 1. The van der Waals surface area contributed by atoms with Gasteiger partial charge in [-0.2, -0.15) is 0 Å². The van der Waals surface area contributed by atoms with Gasteiger partial charge >= 0.3 is 0 Å². The maximum atomic E-state index is 13.6. The summed E-state index contributed by atoms with van der Waals surface area (Å²) in [4.78, 5) is 12.0. The number of benzene rings is 3. The van der Waals surface area contributed by atoms with Crippen LogP contribution in [-0.4, -0.2) is 13.0 Å². The summed E-state index contributed by atoms with van der Waals surface area (Å²) in [7, 11) is 1.52. The first-order valence-corrected chi connectivity index (χ1v) is 9.71. The van der Waals surface area contributed by atoms with Crippen LogP contribution in [0, 0.1) is 5.82 Å². The van der Waals surface area contributed by atoms with E-state index in [1.54, 1.807) is 54.6 Å². The molecule has 30 heavy (non-hydrogen) atoms. The number of nitrogens with one attached hydrogen (secondary N) is 1. The number of carbonyl (C=O) groups is 1. The molecule has 154 valence electrons. The van der Waals surface area contributed by atoms with Gasteiger partial charge in [-0.3, -0.25) is 4.79 Å². The van der Waals surface area contributed by atoms with Crippen molar-refractivity contribution in [1.82, 2.24) is 0 Å². The first-order valence-electron chi connectivity index (χ1n) is 8.95. The number of amides is 1. The molecule has 0 aliphatic heterocycles. The number of rotatable bonds is 7. The van der Waals surface area contributed by atoms with Crippen LogP contribution in [0.1, 0.15) is 11.1 Å². The summed E-state index contributed by atoms with van der Waals surface area (Å²) >= 11 is 12.3. The second kappa shape index (κ2) is 10.1. The smallest absolute Gasteiger partial charge is 0.248 e. The number of carbonyl (C=O) groups excluding carboxylic acids is 1. The number of halogens is 3. The van der Waals surface area contributed by atoms with E-state index in [0.29, 0.717) is 32.7 Å². The number of hydrogen-bond donors (Lipinski definition) is 1. The Balaban J connectivity index is 1.68. The van der Waals surface area contributed by atoms with Crippen molar-refractivity contribution in [2.75, 3.05) is 12.4 Å². The van der Waals surface area contributed by atoms with Gasteiger partial charge in [-0.1, -0.05) is 47.5 Å². The molecule has 0 heterocycles. The van der Waals surface area contributed by atoms with E-state index >= 15 is 0 Å². The summed E-state index contributed by atoms with van der Waals surface area (Å²) in [6.45, 7) is 0.176. The molecule has 0 saturated heterocycles. The van der Waals surface area contributed by atoms with Gasteiger partial charge in [0.15, 0.2) is 11.5 Å². The van der Waals surface area contributed by atoms with Gasteiger partial charge in [0.05, 0.1) is 12.8 Å². The third kappa shape index (κ3) is 5.53. The van der Waals surface area contributed by atoms with E-state index in [9.17, 15) is 9.18 Å². The summed E-state index contributed by atoms with van der Waals surface area (Å²) in [5.74, 6) is 0.0325. The molecule has 0 radical (unpaired) electrons. The molecular formula is C23H18Cl2FNO3. The second-order valence-corrected chi connectivity index (χ2v) is 7.02. The van der Waals surface area contributed by atoms with E-state index in [0.717, 1.165) is 0 Å². The lowest BCUT2D eigenvalue weighted by Gasteiger charge is -2.13. The third-order valence-electron chi connectivity index (χ3n) is 4.18. The Hall–Kier alpha value is -3.02. The molecule has 0 aromatic heterocycles. The lowest BCUT2D eigenvalue weighted by molar-refractivity contribution is -0.111. The summed E-state index contributed by atoms with van der Waals surface area (Å²) in [6, 6.07) is 16.4. The average molecular weight is 446 g/mol. The summed E-state index contributed by atoms with van der Waals surface area (Å²) in [6.07, 6.45) is 2.90. The third-order valence-corrected chi connectivity index (χ3v) is 4.89. The van der Waals surface area contributed by atoms with Crippen LogP contribution in [0.25, 0.3) is 6.08 Å². The van der Waals surface area contributed by atoms with Gasteiger partial charge in [0.25, 0.3) is 0 Å². The minimum atomic E-state index is -0.499. The van der Waals surface area contributed by atoms with E-state index in [2.05, 4.69) is 5.32 Å². The van der Waals surface area contributed by atoms with Crippen LogP contribution in [0.2, 0.25) is 10.0 Å². The van der Waals surface area contributed by atoms with Crippen LogP contribution in [0.5, 0.6) is 11.5 Å². The Morgan fingerprint density at radius 3 is 2.47 bits per heavy atom. The highest BCUT2D eigenvalue weighted by Crippen LogP contribution is 2.31. The van der Waals surface area contributed by atoms with Crippen molar-refractivity contribution in [3.05, 3.63) is 93.7 Å². The van der Waals surface area contributed by atoms with Crippen molar-refractivity contribution >= 4 is 40.9 Å². The molecule has 7 heteroatoms. The number of para-hydroxylation sites is 1. The van der Waals surface area contributed by atoms with Gasteiger partial charge in [0.2, 0.25) is 5.91 Å². The fourth-order valence-electron chi connectivity index (χ4n) is 2.64. The van der Waals surface area contributed by atoms with Crippen molar-refractivity contribution in [2.24, 2.45) is 0 Å². The van der Waals surface area contributed by atoms with Gasteiger partial charge in [-0.15, -0.1) is 0 Å². The van der Waals surface area contributed by atoms with Gasteiger partial charge in [-0.25, -0.2) is 4.39 Å². The Morgan fingerprint density at radius 1 is 1.03 bits per heavy atom. The minimum Gasteiger partial charge on any atom is -0.493 e. The molecule has 0 saturated carbocycles. The minimum absolute atomic E-state index is 0.117. The highest BCUT2D eigenvalue weighted by atomic mass is 35.5. The van der Waals surface area contributed by atoms with Crippen LogP contribution in [0.15, 0.2) is 66.7 Å².